The zero-order valence-electron chi connectivity index (χ0n) is 12.5. The molecule has 1 aliphatic carbocycles. The second-order valence-electron chi connectivity index (χ2n) is 6.05. The smallest absolute Gasteiger partial charge is 0.311 e. The number of carbonyl (C=O) groups excluding carboxylic acids is 1. The second-order valence-corrected chi connectivity index (χ2v) is 6.94. The standard InChI is InChI=1S/C15H22N2O3S/c1-10(2)13-17-11(8-21-13)12(18)16-9-15(14(19)20)6-4-3-5-7-15/h8,10H,3-7,9H2,1-2H3,(H,16,18)(H,19,20). The van der Waals surface area contributed by atoms with Crippen LogP contribution in [0.25, 0.3) is 0 Å². The molecule has 1 aromatic rings. The average Bonchev–Trinajstić information content (AvgIpc) is 2.95. The van der Waals surface area contributed by atoms with Gasteiger partial charge in [0.05, 0.1) is 10.4 Å². The SMILES string of the molecule is CC(C)c1nc(C(=O)NCC2(C(=O)O)CCCCC2)cs1. The Morgan fingerprint density at radius 2 is 2.05 bits per heavy atom. The summed E-state index contributed by atoms with van der Waals surface area (Å²) in [6.45, 7) is 4.25. The quantitative estimate of drug-likeness (QED) is 0.876. The highest BCUT2D eigenvalue weighted by atomic mass is 32.1. The van der Waals surface area contributed by atoms with E-state index in [4.69, 9.17) is 0 Å². The van der Waals surface area contributed by atoms with E-state index in [-0.39, 0.29) is 12.5 Å². The summed E-state index contributed by atoms with van der Waals surface area (Å²) in [4.78, 5) is 28.0. The predicted octanol–water partition coefficient (Wildman–Crippen LogP) is 3.03. The summed E-state index contributed by atoms with van der Waals surface area (Å²) in [5, 5.41) is 14.9. The molecule has 0 atom stereocenters. The number of aliphatic carboxylic acids is 1. The Balaban J connectivity index is 1.99. The fraction of sp³-hybridized carbons (Fsp3) is 0.667. The summed E-state index contributed by atoms with van der Waals surface area (Å²) in [6.07, 6.45) is 4.17. The predicted molar refractivity (Wildman–Crippen MR) is 81.7 cm³/mol. The van der Waals surface area contributed by atoms with Crippen LogP contribution in [0, 0.1) is 5.41 Å². The van der Waals surface area contributed by atoms with E-state index in [0.29, 0.717) is 24.5 Å². The molecule has 1 heterocycles. The maximum Gasteiger partial charge on any atom is 0.311 e. The molecule has 0 aliphatic heterocycles. The van der Waals surface area contributed by atoms with Gasteiger partial charge in [0.15, 0.2) is 0 Å². The van der Waals surface area contributed by atoms with Gasteiger partial charge in [-0.15, -0.1) is 11.3 Å². The number of thiazole rings is 1. The Kier molecular flexibility index (Phi) is 4.98. The number of rotatable bonds is 5. The zero-order chi connectivity index (χ0) is 15.5. The van der Waals surface area contributed by atoms with E-state index in [9.17, 15) is 14.7 Å². The summed E-state index contributed by atoms with van der Waals surface area (Å²) >= 11 is 1.46. The van der Waals surface area contributed by atoms with Crippen LogP contribution in [-0.2, 0) is 4.79 Å². The van der Waals surface area contributed by atoms with E-state index in [0.717, 1.165) is 24.3 Å². The monoisotopic (exact) mass is 310 g/mol. The highest BCUT2D eigenvalue weighted by Crippen LogP contribution is 2.36. The van der Waals surface area contributed by atoms with Crippen molar-refractivity contribution < 1.29 is 14.7 Å². The molecule has 2 rings (SSSR count). The number of carbonyl (C=O) groups is 2. The maximum absolute atomic E-state index is 12.1. The van der Waals surface area contributed by atoms with Gasteiger partial charge in [-0.1, -0.05) is 33.1 Å². The Morgan fingerprint density at radius 3 is 2.57 bits per heavy atom. The van der Waals surface area contributed by atoms with Crippen LogP contribution >= 0.6 is 11.3 Å². The van der Waals surface area contributed by atoms with Gasteiger partial charge in [0.25, 0.3) is 5.91 Å². The molecule has 0 spiro atoms. The van der Waals surface area contributed by atoms with Crippen molar-refractivity contribution in [3.63, 3.8) is 0 Å². The fourth-order valence-electron chi connectivity index (χ4n) is 2.69. The van der Waals surface area contributed by atoms with Gasteiger partial charge in [0.2, 0.25) is 0 Å². The van der Waals surface area contributed by atoms with E-state index in [1.165, 1.54) is 11.3 Å². The van der Waals surface area contributed by atoms with Gasteiger partial charge in [-0.3, -0.25) is 9.59 Å². The Morgan fingerprint density at radius 1 is 1.38 bits per heavy atom. The van der Waals surface area contributed by atoms with Crippen molar-refractivity contribution in [3.8, 4) is 0 Å². The van der Waals surface area contributed by atoms with Crippen LogP contribution in [0.4, 0.5) is 0 Å². The van der Waals surface area contributed by atoms with E-state index in [2.05, 4.69) is 10.3 Å². The Labute approximate surface area is 128 Å². The molecule has 1 aromatic heterocycles. The topological polar surface area (TPSA) is 79.3 Å². The summed E-state index contributed by atoms with van der Waals surface area (Å²) in [5.41, 5.74) is -0.412. The van der Waals surface area contributed by atoms with Crippen molar-refractivity contribution in [1.29, 1.82) is 0 Å². The summed E-state index contributed by atoms with van der Waals surface area (Å²) in [5.74, 6) is -0.784. The number of nitrogens with zero attached hydrogens (tertiary/aromatic N) is 1. The lowest BCUT2D eigenvalue weighted by atomic mass is 9.74. The first-order valence-electron chi connectivity index (χ1n) is 7.42. The minimum atomic E-state index is -0.802. The van der Waals surface area contributed by atoms with Crippen LogP contribution < -0.4 is 5.32 Å². The molecule has 0 bridgehead atoms. The van der Waals surface area contributed by atoms with Crippen molar-refractivity contribution in [2.45, 2.75) is 51.9 Å². The van der Waals surface area contributed by atoms with Crippen LogP contribution in [-0.4, -0.2) is 28.5 Å². The van der Waals surface area contributed by atoms with E-state index in [1.807, 2.05) is 13.8 Å². The largest absolute Gasteiger partial charge is 0.481 e. The number of carboxylic acid groups (broad SMARTS) is 1. The normalized spacial score (nSPS) is 17.7. The molecule has 116 valence electrons. The molecule has 0 unspecified atom stereocenters. The molecular weight excluding hydrogens is 288 g/mol. The van der Waals surface area contributed by atoms with Crippen molar-refractivity contribution in [3.05, 3.63) is 16.1 Å². The van der Waals surface area contributed by atoms with Gasteiger partial charge in [0, 0.05) is 17.8 Å². The molecule has 1 saturated carbocycles. The first-order valence-corrected chi connectivity index (χ1v) is 8.29. The molecular formula is C15H22N2O3S. The lowest BCUT2D eigenvalue weighted by Crippen LogP contribution is -2.44. The first-order chi connectivity index (χ1) is 9.94. The minimum Gasteiger partial charge on any atom is -0.481 e. The number of amides is 1. The lowest BCUT2D eigenvalue weighted by Gasteiger charge is -2.33. The number of aromatic nitrogens is 1. The van der Waals surface area contributed by atoms with E-state index >= 15 is 0 Å². The number of hydrogen-bond acceptors (Lipinski definition) is 4. The minimum absolute atomic E-state index is 0.190. The van der Waals surface area contributed by atoms with Gasteiger partial charge < -0.3 is 10.4 Å². The molecule has 6 heteroatoms. The molecule has 21 heavy (non-hydrogen) atoms. The molecule has 0 aromatic carbocycles. The molecule has 1 fully saturated rings. The number of hydrogen-bond donors (Lipinski definition) is 2. The second kappa shape index (κ2) is 6.56. The van der Waals surface area contributed by atoms with Gasteiger partial charge in [0.1, 0.15) is 5.69 Å². The number of carboxylic acids is 1. The zero-order valence-corrected chi connectivity index (χ0v) is 13.3. The summed E-state index contributed by atoms with van der Waals surface area (Å²) in [7, 11) is 0. The van der Waals surface area contributed by atoms with E-state index < -0.39 is 11.4 Å². The van der Waals surface area contributed by atoms with Gasteiger partial charge in [-0.2, -0.15) is 0 Å². The summed E-state index contributed by atoms with van der Waals surface area (Å²) in [6, 6.07) is 0. The Hall–Kier alpha value is -1.43. The molecule has 0 radical (unpaired) electrons. The highest BCUT2D eigenvalue weighted by Gasteiger charge is 2.39. The average molecular weight is 310 g/mol. The van der Waals surface area contributed by atoms with Gasteiger partial charge >= 0.3 is 5.97 Å². The molecule has 0 saturated heterocycles. The molecule has 1 amide bonds. The van der Waals surface area contributed by atoms with Crippen LogP contribution in [0.2, 0.25) is 0 Å². The van der Waals surface area contributed by atoms with Crippen molar-refractivity contribution in [2.24, 2.45) is 5.41 Å². The molecule has 2 N–H and O–H groups in total. The van der Waals surface area contributed by atoms with Crippen LogP contribution in [0.3, 0.4) is 0 Å². The van der Waals surface area contributed by atoms with Crippen molar-refractivity contribution >= 4 is 23.2 Å². The fourth-order valence-corrected chi connectivity index (χ4v) is 3.51. The maximum atomic E-state index is 12.1. The highest BCUT2D eigenvalue weighted by molar-refractivity contribution is 7.09. The van der Waals surface area contributed by atoms with Crippen molar-refractivity contribution in [1.82, 2.24) is 10.3 Å². The third-order valence-corrected chi connectivity index (χ3v) is 5.25. The first kappa shape index (κ1) is 15.9. The van der Waals surface area contributed by atoms with Crippen molar-refractivity contribution in [2.75, 3.05) is 6.54 Å². The Bertz CT molecular complexity index is 519. The number of nitrogens with one attached hydrogen (secondary N) is 1. The molecule has 1 aliphatic rings. The molecule has 5 nitrogen and oxygen atoms in total. The van der Waals surface area contributed by atoms with Crippen LogP contribution in [0.15, 0.2) is 5.38 Å². The van der Waals surface area contributed by atoms with E-state index in [1.54, 1.807) is 5.38 Å². The lowest BCUT2D eigenvalue weighted by molar-refractivity contribution is -0.150. The van der Waals surface area contributed by atoms with Gasteiger partial charge in [-0.05, 0) is 12.8 Å². The third kappa shape index (κ3) is 3.61. The van der Waals surface area contributed by atoms with Gasteiger partial charge in [-0.25, -0.2) is 4.98 Å². The third-order valence-electron chi connectivity index (χ3n) is 4.10. The van der Waals surface area contributed by atoms with Crippen LogP contribution in [0.5, 0.6) is 0 Å². The van der Waals surface area contributed by atoms with Crippen LogP contribution in [0.1, 0.15) is 67.4 Å². The summed E-state index contributed by atoms with van der Waals surface area (Å²) < 4.78 is 0.